The first-order valence-corrected chi connectivity index (χ1v) is 10.7. The van der Waals surface area contributed by atoms with Crippen LogP contribution in [0.2, 0.25) is 0 Å². The van der Waals surface area contributed by atoms with Crippen molar-refractivity contribution in [1.29, 1.82) is 0 Å². The zero-order valence-electron chi connectivity index (χ0n) is 21.7. The Morgan fingerprint density at radius 3 is 1.52 bits per heavy atom. The highest BCUT2D eigenvalue weighted by Gasteiger charge is 2.31. The van der Waals surface area contributed by atoms with Gasteiger partial charge < -0.3 is 5.11 Å². The lowest BCUT2D eigenvalue weighted by molar-refractivity contribution is -0.536. The van der Waals surface area contributed by atoms with Crippen molar-refractivity contribution in [1.82, 2.24) is 0 Å². The molecule has 0 aliphatic carbocycles. The normalized spacial score (nSPS) is 12.6. The summed E-state index contributed by atoms with van der Waals surface area (Å²) in [6.45, 7) is 20.4. The maximum absolute atomic E-state index is 11.5. The fraction of sp³-hybridized carbons (Fsp3) is 0.667. The Kier molecular flexibility index (Phi) is 11.7. The maximum atomic E-state index is 11.5. The summed E-state index contributed by atoms with van der Waals surface area (Å²) in [7, 11) is 0. The van der Waals surface area contributed by atoms with Crippen molar-refractivity contribution < 1.29 is 44.0 Å². The molecule has 9 heteroatoms. The average molecular weight is 473 g/mol. The van der Waals surface area contributed by atoms with Gasteiger partial charge in [0.05, 0.1) is 22.3 Å². The second-order valence-corrected chi connectivity index (χ2v) is 10.5. The largest absolute Gasteiger partial charge is 0.478 e. The van der Waals surface area contributed by atoms with Crippen molar-refractivity contribution in [2.24, 2.45) is 0 Å². The van der Waals surface area contributed by atoms with Crippen LogP contribution in [-0.2, 0) is 29.3 Å². The number of hydrogen-bond acceptors (Lipinski definition) is 8. The Bertz CT molecular complexity index is 734. The number of carboxylic acids is 1. The Balaban J connectivity index is 0.000000622. The van der Waals surface area contributed by atoms with E-state index >= 15 is 0 Å². The highest BCUT2D eigenvalue weighted by Crippen LogP contribution is 2.24. The Labute approximate surface area is 197 Å². The minimum absolute atomic E-state index is 0.0233. The lowest BCUT2D eigenvalue weighted by Gasteiger charge is -2.31. The van der Waals surface area contributed by atoms with E-state index in [1.54, 1.807) is 27.7 Å². The van der Waals surface area contributed by atoms with Crippen LogP contribution in [0.4, 0.5) is 0 Å². The molecule has 0 amide bonds. The van der Waals surface area contributed by atoms with Crippen molar-refractivity contribution in [2.75, 3.05) is 0 Å². The molecule has 1 aromatic rings. The first kappa shape index (κ1) is 31.0. The summed E-state index contributed by atoms with van der Waals surface area (Å²) < 4.78 is 0. The lowest BCUT2D eigenvalue weighted by atomic mass is 10.1. The molecule has 0 unspecified atom stereocenters. The first-order valence-electron chi connectivity index (χ1n) is 10.7. The molecule has 1 aromatic carbocycles. The molecule has 0 heterocycles. The second-order valence-electron chi connectivity index (χ2n) is 10.5. The molecule has 0 saturated heterocycles. The summed E-state index contributed by atoms with van der Waals surface area (Å²) >= 11 is 0. The third-order valence-corrected chi connectivity index (χ3v) is 3.29. The summed E-state index contributed by atoms with van der Waals surface area (Å²) in [6, 6.07) is 5.55. The standard InChI is InChI=1S/C12H14O5.C12H26O4/c1-12(2,3)17-16-11(15)9-6-4-5-8(7-9)10(13)14;1-9-12(8,15-13-10(2,3)4)16-14-11(5,6)7/h4-7H,1-3H3,(H,13,14);9H2,1-8H3. The Hall–Kier alpha value is -2.04. The molecule has 9 nitrogen and oxygen atoms in total. The lowest BCUT2D eigenvalue weighted by Crippen LogP contribution is -2.38. The third kappa shape index (κ3) is 15.4. The summed E-state index contributed by atoms with van der Waals surface area (Å²) in [5, 5.41) is 8.77. The average Bonchev–Trinajstić information content (AvgIpc) is 2.68. The molecule has 0 fully saturated rings. The van der Waals surface area contributed by atoms with Crippen LogP contribution in [0.25, 0.3) is 0 Å². The van der Waals surface area contributed by atoms with Gasteiger partial charge in [0.15, 0.2) is 0 Å². The van der Waals surface area contributed by atoms with E-state index in [0.29, 0.717) is 6.42 Å². The van der Waals surface area contributed by atoms with Crippen LogP contribution in [-0.4, -0.2) is 39.6 Å². The SMILES string of the molecule is CC(C)(C)OOC(=O)c1cccc(C(=O)O)c1.CCC(C)(OOC(C)(C)C)OOC(C)(C)C. The Morgan fingerprint density at radius 1 is 0.727 bits per heavy atom. The summed E-state index contributed by atoms with van der Waals surface area (Å²) in [5.74, 6) is -2.71. The summed E-state index contributed by atoms with van der Waals surface area (Å²) in [5.41, 5.74) is -1.20. The van der Waals surface area contributed by atoms with E-state index in [4.69, 9.17) is 29.5 Å². The topological polar surface area (TPSA) is 110 Å². The van der Waals surface area contributed by atoms with Gasteiger partial charge in [-0.05, 0) is 87.4 Å². The van der Waals surface area contributed by atoms with Gasteiger partial charge in [-0.15, -0.1) is 0 Å². The van der Waals surface area contributed by atoms with E-state index in [2.05, 4.69) is 4.89 Å². The number of rotatable bonds is 8. The summed E-state index contributed by atoms with van der Waals surface area (Å²) in [4.78, 5) is 52.8. The van der Waals surface area contributed by atoms with Crippen molar-refractivity contribution in [3.8, 4) is 0 Å². The van der Waals surface area contributed by atoms with Crippen LogP contribution in [0.3, 0.4) is 0 Å². The molecular weight excluding hydrogens is 432 g/mol. The molecule has 0 atom stereocenters. The fourth-order valence-corrected chi connectivity index (χ4v) is 1.55. The van der Waals surface area contributed by atoms with Crippen LogP contribution in [0, 0.1) is 0 Å². The van der Waals surface area contributed by atoms with E-state index in [9.17, 15) is 9.59 Å². The zero-order chi connectivity index (χ0) is 26.1. The minimum atomic E-state index is -1.10. The van der Waals surface area contributed by atoms with Gasteiger partial charge in [-0.1, -0.05) is 13.0 Å². The van der Waals surface area contributed by atoms with Crippen molar-refractivity contribution in [3.63, 3.8) is 0 Å². The molecule has 0 spiro atoms. The zero-order valence-corrected chi connectivity index (χ0v) is 21.7. The smallest absolute Gasteiger partial charge is 0.373 e. The van der Waals surface area contributed by atoms with E-state index in [-0.39, 0.29) is 22.3 Å². The molecule has 0 saturated carbocycles. The predicted molar refractivity (Wildman–Crippen MR) is 122 cm³/mol. The monoisotopic (exact) mass is 472 g/mol. The predicted octanol–water partition coefficient (Wildman–Crippen LogP) is 5.88. The molecule has 0 aromatic heterocycles. The summed E-state index contributed by atoms with van der Waals surface area (Å²) in [6.07, 6.45) is 0.624. The van der Waals surface area contributed by atoms with Crippen LogP contribution in [0.1, 0.15) is 103 Å². The van der Waals surface area contributed by atoms with Gasteiger partial charge in [-0.2, -0.15) is 14.7 Å². The second kappa shape index (κ2) is 12.4. The molecule has 190 valence electrons. The van der Waals surface area contributed by atoms with Crippen LogP contribution >= 0.6 is 0 Å². The molecule has 0 radical (unpaired) electrons. The van der Waals surface area contributed by atoms with Crippen LogP contribution in [0.15, 0.2) is 24.3 Å². The third-order valence-electron chi connectivity index (χ3n) is 3.29. The molecule has 33 heavy (non-hydrogen) atoms. The van der Waals surface area contributed by atoms with Crippen molar-refractivity contribution >= 4 is 11.9 Å². The van der Waals surface area contributed by atoms with E-state index in [0.717, 1.165) is 0 Å². The number of carbonyl (C=O) groups is 2. The van der Waals surface area contributed by atoms with Gasteiger partial charge in [-0.3, -0.25) is 4.89 Å². The van der Waals surface area contributed by atoms with Gasteiger partial charge in [0.1, 0.15) is 5.60 Å². The Morgan fingerprint density at radius 2 is 1.15 bits per heavy atom. The van der Waals surface area contributed by atoms with Crippen molar-refractivity contribution in [3.05, 3.63) is 35.4 Å². The van der Waals surface area contributed by atoms with Gasteiger partial charge in [0, 0.05) is 6.42 Å². The minimum Gasteiger partial charge on any atom is -0.478 e. The first-order chi connectivity index (χ1) is 14.8. The van der Waals surface area contributed by atoms with Crippen molar-refractivity contribution in [2.45, 2.75) is 105 Å². The van der Waals surface area contributed by atoms with Gasteiger partial charge in [0.25, 0.3) is 0 Å². The van der Waals surface area contributed by atoms with E-state index in [1.165, 1.54) is 24.3 Å². The number of carboxylic acid groups (broad SMARTS) is 1. The number of benzene rings is 1. The molecule has 0 aliphatic rings. The molecular formula is C24H40O9. The number of aromatic carboxylic acids is 1. The fourth-order valence-electron chi connectivity index (χ4n) is 1.55. The maximum Gasteiger partial charge on any atom is 0.373 e. The van der Waals surface area contributed by atoms with Gasteiger partial charge in [0.2, 0.25) is 5.79 Å². The number of hydrogen-bond donors (Lipinski definition) is 1. The van der Waals surface area contributed by atoms with Crippen LogP contribution in [0.5, 0.6) is 0 Å². The van der Waals surface area contributed by atoms with Crippen LogP contribution < -0.4 is 0 Å². The molecule has 0 aliphatic heterocycles. The quantitative estimate of drug-likeness (QED) is 0.282. The van der Waals surface area contributed by atoms with Gasteiger partial charge >= 0.3 is 11.9 Å². The van der Waals surface area contributed by atoms with E-state index in [1.807, 2.05) is 48.5 Å². The van der Waals surface area contributed by atoms with E-state index < -0.39 is 23.3 Å². The van der Waals surface area contributed by atoms with Gasteiger partial charge in [-0.25, -0.2) is 19.4 Å². The molecule has 1 N–H and O–H groups in total. The molecule has 0 bridgehead atoms. The molecule has 1 rings (SSSR count). The highest BCUT2D eigenvalue weighted by molar-refractivity contribution is 5.94. The number of carbonyl (C=O) groups excluding carboxylic acids is 1. The highest BCUT2D eigenvalue weighted by atomic mass is 17.3.